The van der Waals surface area contributed by atoms with Crippen molar-refractivity contribution in [2.24, 2.45) is 0 Å². The Kier molecular flexibility index (Phi) is 4.27. The summed E-state index contributed by atoms with van der Waals surface area (Å²) in [5.41, 5.74) is 4.85. The fourth-order valence-corrected chi connectivity index (χ4v) is 3.84. The van der Waals surface area contributed by atoms with Gasteiger partial charge in [0, 0.05) is 4.90 Å². The van der Waals surface area contributed by atoms with E-state index in [1.54, 1.807) is 0 Å². The summed E-state index contributed by atoms with van der Waals surface area (Å²) in [5, 5.41) is 16.9. The summed E-state index contributed by atoms with van der Waals surface area (Å²) in [5.74, 6) is -2.02. The predicted molar refractivity (Wildman–Crippen MR) is 73.6 cm³/mol. The van der Waals surface area contributed by atoms with Crippen molar-refractivity contribution in [1.82, 2.24) is 10.2 Å². The third kappa shape index (κ3) is 2.99. The van der Waals surface area contributed by atoms with Crippen molar-refractivity contribution < 1.29 is 14.3 Å². The molecule has 2 rings (SSSR count). The standard InChI is InChI=1S/C10H8FN3O2S3/c1-17-9-13-14-10(19-9)18-5-3-2-4(11)7(12)6(5)8(15)16/h2-3H,12H2,1H3,(H,15,16). The average Bonchev–Trinajstić information content (AvgIpc) is 2.81. The molecule has 0 aliphatic carbocycles. The van der Waals surface area contributed by atoms with Crippen molar-refractivity contribution in [3.63, 3.8) is 0 Å². The molecule has 0 aliphatic heterocycles. The highest BCUT2D eigenvalue weighted by molar-refractivity contribution is 8.03. The molecule has 9 heteroatoms. The normalized spacial score (nSPS) is 10.6. The first-order valence-corrected chi connectivity index (χ1v) is 7.75. The summed E-state index contributed by atoms with van der Waals surface area (Å²) in [7, 11) is 0. The van der Waals surface area contributed by atoms with Crippen LogP contribution in [0.4, 0.5) is 10.1 Å². The molecule has 0 unspecified atom stereocenters. The van der Waals surface area contributed by atoms with Crippen molar-refractivity contribution in [1.29, 1.82) is 0 Å². The van der Waals surface area contributed by atoms with Crippen LogP contribution in [-0.4, -0.2) is 27.5 Å². The second-order valence-corrected chi connectivity index (χ2v) is 6.60. The molecule has 1 heterocycles. The van der Waals surface area contributed by atoms with E-state index in [0.29, 0.717) is 9.24 Å². The maximum atomic E-state index is 13.3. The zero-order valence-corrected chi connectivity index (χ0v) is 12.0. The number of aromatic nitrogens is 2. The minimum absolute atomic E-state index is 0.245. The van der Waals surface area contributed by atoms with Crippen molar-refractivity contribution >= 4 is 46.5 Å². The average molecular weight is 317 g/mol. The molecule has 2 aromatic rings. The molecular formula is C10H8FN3O2S3. The first-order valence-electron chi connectivity index (χ1n) is 4.89. The summed E-state index contributed by atoms with van der Waals surface area (Å²) in [6.45, 7) is 0. The molecule has 5 nitrogen and oxygen atoms in total. The summed E-state index contributed by atoms with van der Waals surface area (Å²) < 4.78 is 14.6. The third-order valence-corrected chi connectivity index (χ3v) is 5.14. The van der Waals surface area contributed by atoms with Crippen LogP contribution in [0.3, 0.4) is 0 Å². The zero-order chi connectivity index (χ0) is 14.0. The van der Waals surface area contributed by atoms with Crippen LogP contribution >= 0.6 is 34.9 Å². The van der Waals surface area contributed by atoms with E-state index >= 15 is 0 Å². The van der Waals surface area contributed by atoms with Gasteiger partial charge in [0.15, 0.2) is 8.68 Å². The molecule has 0 bridgehead atoms. The van der Waals surface area contributed by atoms with Gasteiger partial charge < -0.3 is 10.8 Å². The number of nitrogens with two attached hydrogens (primary N) is 1. The lowest BCUT2D eigenvalue weighted by molar-refractivity contribution is 0.0694. The molecule has 0 saturated heterocycles. The van der Waals surface area contributed by atoms with Gasteiger partial charge in [-0.2, -0.15) is 0 Å². The zero-order valence-electron chi connectivity index (χ0n) is 9.58. The molecule has 1 aromatic carbocycles. The molecule has 0 spiro atoms. The topological polar surface area (TPSA) is 89.1 Å². The summed E-state index contributed by atoms with van der Waals surface area (Å²) >= 11 is 3.89. The third-order valence-electron chi connectivity index (χ3n) is 2.13. The molecule has 100 valence electrons. The minimum Gasteiger partial charge on any atom is -0.478 e. The van der Waals surface area contributed by atoms with Crippen LogP contribution in [0.25, 0.3) is 0 Å². The van der Waals surface area contributed by atoms with Crippen LogP contribution < -0.4 is 5.73 Å². The Labute approximate surface area is 120 Å². The number of benzene rings is 1. The van der Waals surface area contributed by atoms with Gasteiger partial charge in [0.1, 0.15) is 5.82 Å². The van der Waals surface area contributed by atoms with Gasteiger partial charge in [-0.25, -0.2) is 9.18 Å². The van der Waals surface area contributed by atoms with E-state index in [1.807, 2.05) is 6.26 Å². The number of hydrogen-bond donors (Lipinski definition) is 2. The van der Waals surface area contributed by atoms with Crippen LogP contribution in [0, 0.1) is 5.82 Å². The maximum Gasteiger partial charge on any atom is 0.339 e. The van der Waals surface area contributed by atoms with Gasteiger partial charge in [0.25, 0.3) is 0 Å². The van der Waals surface area contributed by atoms with E-state index in [-0.39, 0.29) is 11.3 Å². The number of thioether (sulfide) groups is 1. The lowest BCUT2D eigenvalue weighted by Crippen LogP contribution is -2.06. The molecule has 0 radical (unpaired) electrons. The number of hydrogen-bond acceptors (Lipinski definition) is 7. The number of aromatic carboxylic acids is 1. The SMILES string of the molecule is CSc1nnc(Sc2ccc(F)c(N)c2C(=O)O)s1. The fourth-order valence-electron chi connectivity index (χ4n) is 1.29. The predicted octanol–water partition coefficient (Wildman–Crippen LogP) is 2.83. The Morgan fingerprint density at radius 3 is 2.68 bits per heavy atom. The highest BCUT2D eigenvalue weighted by Crippen LogP contribution is 2.36. The van der Waals surface area contributed by atoms with Gasteiger partial charge in [-0.1, -0.05) is 34.9 Å². The van der Waals surface area contributed by atoms with Crippen LogP contribution in [0.5, 0.6) is 0 Å². The second-order valence-electron chi connectivity index (χ2n) is 3.28. The van der Waals surface area contributed by atoms with Crippen molar-refractivity contribution in [3.8, 4) is 0 Å². The van der Waals surface area contributed by atoms with Gasteiger partial charge in [0.2, 0.25) is 0 Å². The fraction of sp³-hybridized carbons (Fsp3) is 0.100. The molecule has 3 N–H and O–H groups in total. The van der Waals surface area contributed by atoms with Crippen molar-refractivity contribution in [2.75, 3.05) is 12.0 Å². The lowest BCUT2D eigenvalue weighted by atomic mass is 10.2. The Morgan fingerprint density at radius 1 is 1.42 bits per heavy atom. The number of carbonyl (C=O) groups is 1. The first-order chi connectivity index (χ1) is 9.02. The minimum atomic E-state index is -1.27. The molecule has 0 amide bonds. The number of halogens is 1. The van der Waals surface area contributed by atoms with E-state index in [4.69, 9.17) is 10.8 Å². The smallest absolute Gasteiger partial charge is 0.339 e. The summed E-state index contributed by atoms with van der Waals surface area (Å²) in [6.07, 6.45) is 1.87. The van der Waals surface area contributed by atoms with Crippen LogP contribution in [0.1, 0.15) is 10.4 Å². The Morgan fingerprint density at radius 2 is 2.11 bits per heavy atom. The molecule has 19 heavy (non-hydrogen) atoms. The number of rotatable bonds is 4. The van der Waals surface area contributed by atoms with Crippen molar-refractivity contribution in [2.45, 2.75) is 13.6 Å². The quantitative estimate of drug-likeness (QED) is 0.662. The van der Waals surface area contributed by atoms with Crippen LogP contribution in [0.2, 0.25) is 0 Å². The Hall–Kier alpha value is -1.32. The number of nitrogen functional groups attached to an aromatic ring is 1. The van der Waals surface area contributed by atoms with Gasteiger partial charge in [-0.05, 0) is 18.4 Å². The number of nitrogens with zero attached hydrogens (tertiary/aromatic N) is 2. The molecule has 0 aliphatic rings. The van der Waals surface area contributed by atoms with Gasteiger partial charge in [-0.3, -0.25) is 0 Å². The molecule has 0 saturated carbocycles. The van der Waals surface area contributed by atoms with E-state index in [0.717, 1.165) is 22.2 Å². The van der Waals surface area contributed by atoms with Crippen LogP contribution in [0.15, 0.2) is 25.7 Å². The summed E-state index contributed by atoms with van der Waals surface area (Å²) in [6, 6.07) is 2.51. The molecule has 0 fully saturated rings. The number of carboxylic acid groups (broad SMARTS) is 1. The molecule has 0 atom stereocenters. The lowest BCUT2D eigenvalue weighted by Gasteiger charge is -2.07. The Balaban J connectivity index is 2.39. The molecular weight excluding hydrogens is 309 g/mol. The second kappa shape index (κ2) is 5.76. The van der Waals surface area contributed by atoms with Gasteiger partial charge >= 0.3 is 5.97 Å². The molecule has 1 aromatic heterocycles. The highest BCUT2D eigenvalue weighted by Gasteiger charge is 2.19. The van der Waals surface area contributed by atoms with E-state index in [1.165, 1.54) is 29.2 Å². The van der Waals surface area contributed by atoms with E-state index in [2.05, 4.69) is 10.2 Å². The van der Waals surface area contributed by atoms with Crippen LogP contribution in [-0.2, 0) is 0 Å². The van der Waals surface area contributed by atoms with E-state index < -0.39 is 11.8 Å². The largest absolute Gasteiger partial charge is 0.478 e. The Bertz CT molecular complexity index is 632. The van der Waals surface area contributed by atoms with E-state index in [9.17, 15) is 9.18 Å². The van der Waals surface area contributed by atoms with Crippen molar-refractivity contribution in [3.05, 3.63) is 23.5 Å². The number of anilines is 1. The van der Waals surface area contributed by atoms with Gasteiger partial charge in [-0.15, -0.1) is 10.2 Å². The number of carboxylic acids is 1. The first kappa shape index (κ1) is 14.1. The summed E-state index contributed by atoms with van der Waals surface area (Å²) in [4.78, 5) is 11.5. The highest BCUT2D eigenvalue weighted by atomic mass is 32.2. The van der Waals surface area contributed by atoms with Gasteiger partial charge in [0.05, 0.1) is 11.3 Å². The monoisotopic (exact) mass is 317 g/mol. The maximum absolute atomic E-state index is 13.3.